The number of carbonyl (C=O) groups excluding carboxylic acids is 1. The average Bonchev–Trinajstić information content (AvgIpc) is 3.02. The second kappa shape index (κ2) is 8.52. The largest absolute Gasteiger partial charge is 1.00 e. The summed E-state index contributed by atoms with van der Waals surface area (Å²) in [6.07, 6.45) is 0. The summed E-state index contributed by atoms with van der Waals surface area (Å²) in [6.45, 7) is 5.02. The van der Waals surface area contributed by atoms with Crippen LogP contribution in [0.3, 0.4) is 0 Å². The van der Waals surface area contributed by atoms with E-state index < -0.39 is 5.82 Å². The van der Waals surface area contributed by atoms with Crippen LogP contribution in [0.2, 0.25) is 0 Å². The van der Waals surface area contributed by atoms with E-state index in [0.717, 1.165) is 16.3 Å². The summed E-state index contributed by atoms with van der Waals surface area (Å²) in [6, 6.07) is 14.7. The molecule has 0 unspecified atom stereocenters. The van der Waals surface area contributed by atoms with Crippen LogP contribution in [0.15, 0.2) is 42.5 Å². The van der Waals surface area contributed by atoms with Gasteiger partial charge in [0.25, 0.3) is 5.91 Å². The van der Waals surface area contributed by atoms with Crippen LogP contribution in [-0.2, 0) is 6.54 Å². The molecule has 0 aromatic heterocycles. The van der Waals surface area contributed by atoms with E-state index in [1.165, 1.54) is 12.1 Å². The third-order valence-corrected chi connectivity index (χ3v) is 4.63. The quantitative estimate of drug-likeness (QED) is 0.495. The molecular formula is C22H19FNNaO3. The van der Waals surface area contributed by atoms with Crippen LogP contribution < -0.4 is 43.9 Å². The number of anilines is 1. The maximum atomic E-state index is 13.7. The van der Waals surface area contributed by atoms with Crippen molar-refractivity contribution in [2.24, 2.45) is 0 Å². The monoisotopic (exact) mass is 387 g/mol. The number of benzene rings is 3. The van der Waals surface area contributed by atoms with Crippen molar-refractivity contribution in [3.8, 4) is 11.5 Å². The second-order valence-electron chi connectivity index (χ2n) is 6.21. The van der Waals surface area contributed by atoms with Crippen molar-refractivity contribution in [2.45, 2.75) is 20.4 Å². The SMILES string of the molecule is CCOc1c2c(c(OCC)c3ccccc13)C(=O)N(c1cc[c-]c(F)c1)C2.[Na+]. The van der Waals surface area contributed by atoms with Crippen molar-refractivity contribution >= 4 is 22.4 Å². The molecule has 0 aliphatic carbocycles. The molecule has 3 aromatic rings. The standard InChI is InChI=1S/C22H19FNO3.Na/c1-3-26-20-16-10-5-6-11-17(16)21(27-4-2)19-18(20)13-24(22(19)25)15-9-7-8-14(23)12-15;/h5-7,9-12H,3-4,13H2,1-2H3;/q-1;+1. The van der Waals surface area contributed by atoms with E-state index in [4.69, 9.17) is 9.47 Å². The minimum Gasteiger partial charge on any atom is -0.493 e. The Morgan fingerprint density at radius 3 is 2.36 bits per heavy atom. The maximum absolute atomic E-state index is 13.7. The summed E-state index contributed by atoms with van der Waals surface area (Å²) in [5.74, 6) is 0.523. The topological polar surface area (TPSA) is 38.8 Å². The molecule has 4 nitrogen and oxygen atoms in total. The molecule has 4 rings (SSSR count). The summed E-state index contributed by atoms with van der Waals surface area (Å²) >= 11 is 0. The Labute approximate surface area is 185 Å². The van der Waals surface area contributed by atoms with Crippen LogP contribution in [-0.4, -0.2) is 19.1 Å². The fraction of sp³-hybridized carbons (Fsp3) is 0.227. The average molecular weight is 387 g/mol. The molecule has 1 aliphatic heterocycles. The molecule has 0 atom stereocenters. The van der Waals surface area contributed by atoms with Gasteiger partial charge in [-0.3, -0.25) is 4.79 Å². The predicted molar refractivity (Wildman–Crippen MR) is 102 cm³/mol. The number of nitrogens with zero attached hydrogens (tertiary/aromatic N) is 1. The van der Waals surface area contributed by atoms with Crippen LogP contribution >= 0.6 is 0 Å². The van der Waals surface area contributed by atoms with Gasteiger partial charge in [-0.25, -0.2) is 4.39 Å². The van der Waals surface area contributed by atoms with Gasteiger partial charge in [-0.05, 0) is 13.8 Å². The summed E-state index contributed by atoms with van der Waals surface area (Å²) in [5.41, 5.74) is 1.76. The molecular weight excluding hydrogens is 368 g/mol. The summed E-state index contributed by atoms with van der Waals surface area (Å²) in [5, 5.41) is 1.74. The normalized spacial score (nSPS) is 12.7. The third-order valence-electron chi connectivity index (χ3n) is 4.63. The molecule has 1 aliphatic rings. The van der Waals surface area contributed by atoms with Gasteiger partial charge in [0.05, 0.1) is 25.3 Å². The number of ether oxygens (including phenoxy) is 2. The second-order valence-corrected chi connectivity index (χ2v) is 6.21. The molecule has 0 saturated heterocycles. The van der Waals surface area contributed by atoms with Crippen LogP contribution in [0.4, 0.5) is 10.1 Å². The molecule has 1 amide bonds. The molecule has 0 bridgehead atoms. The molecule has 0 spiro atoms. The zero-order valence-electron chi connectivity index (χ0n) is 16.2. The first-order chi connectivity index (χ1) is 13.2. The third kappa shape index (κ3) is 3.39. The molecule has 0 N–H and O–H groups in total. The van der Waals surface area contributed by atoms with E-state index in [-0.39, 0.29) is 35.5 Å². The number of hydrogen-bond donors (Lipinski definition) is 0. The Morgan fingerprint density at radius 2 is 1.71 bits per heavy atom. The summed E-state index contributed by atoms with van der Waals surface area (Å²) in [4.78, 5) is 14.8. The van der Waals surface area contributed by atoms with Crippen molar-refractivity contribution in [1.29, 1.82) is 0 Å². The molecule has 0 fully saturated rings. The smallest absolute Gasteiger partial charge is 0.493 e. The molecule has 0 saturated carbocycles. The maximum Gasteiger partial charge on any atom is 1.00 e. The zero-order chi connectivity index (χ0) is 19.0. The van der Waals surface area contributed by atoms with E-state index >= 15 is 0 Å². The van der Waals surface area contributed by atoms with Gasteiger partial charge in [0.1, 0.15) is 11.5 Å². The van der Waals surface area contributed by atoms with Crippen molar-refractivity contribution in [3.05, 3.63) is 65.5 Å². The molecule has 28 heavy (non-hydrogen) atoms. The van der Waals surface area contributed by atoms with Crippen molar-refractivity contribution in [2.75, 3.05) is 18.1 Å². The van der Waals surface area contributed by atoms with Gasteiger partial charge in [0.15, 0.2) is 0 Å². The number of rotatable bonds is 5. The Morgan fingerprint density at radius 1 is 1.07 bits per heavy atom. The van der Waals surface area contributed by atoms with Gasteiger partial charge in [-0.1, -0.05) is 30.0 Å². The number of carbonyl (C=O) groups is 1. The van der Waals surface area contributed by atoms with Crippen molar-refractivity contribution < 1.29 is 48.2 Å². The Bertz CT molecular complexity index is 1040. The van der Waals surface area contributed by atoms with Gasteiger partial charge < -0.3 is 14.4 Å². The van der Waals surface area contributed by atoms with Crippen molar-refractivity contribution in [1.82, 2.24) is 0 Å². The Hall–Kier alpha value is -2.08. The van der Waals surface area contributed by atoms with Gasteiger partial charge >= 0.3 is 29.6 Å². The molecule has 1 heterocycles. The number of fused-ring (bicyclic) bond motifs is 2. The summed E-state index contributed by atoms with van der Waals surface area (Å²) in [7, 11) is 0. The fourth-order valence-electron chi connectivity index (χ4n) is 3.58. The van der Waals surface area contributed by atoms with E-state index in [0.29, 0.717) is 42.5 Å². The summed E-state index contributed by atoms with van der Waals surface area (Å²) < 4.78 is 25.5. The number of hydrogen-bond acceptors (Lipinski definition) is 3. The molecule has 3 aromatic carbocycles. The Balaban J connectivity index is 0.00000225. The first-order valence-electron chi connectivity index (χ1n) is 8.98. The minimum absolute atomic E-state index is 0. The van der Waals surface area contributed by atoms with Crippen LogP contribution in [0.1, 0.15) is 29.8 Å². The van der Waals surface area contributed by atoms with Gasteiger partial charge in [-0.15, -0.1) is 18.2 Å². The molecule has 6 heteroatoms. The van der Waals surface area contributed by atoms with E-state index in [1.54, 1.807) is 11.0 Å². The van der Waals surface area contributed by atoms with Crippen LogP contribution in [0.5, 0.6) is 11.5 Å². The van der Waals surface area contributed by atoms with Gasteiger partial charge in [0.2, 0.25) is 0 Å². The molecule has 138 valence electrons. The number of amides is 1. The Kier molecular flexibility index (Phi) is 6.28. The minimum atomic E-state index is -0.503. The van der Waals surface area contributed by atoms with Crippen LogP contribution in [0.25, 0.3) is 10.8 Å². The first kappa shape index (κ1) is 20.6. The molecule has 0 radical (unpaired) electrons. The van der Waals surface area contributed by atoms with Crippen LogP contribution in [0, 0.1) is 11.9 Å². The zero-order valence-corrected chi connectivity index (χ0v) is 18.2. The van der Waals surface area contributed by atoms with Crippen molar-refractivity contribution in [3.63, 3.8) is 0 Å². The fourth-order valence-corrected chi connectivity index (χ4v) is 3.58. The first-order valence-corrected chi connectivity index (χ1v) is 8.98. The van der Waals surface area contributed by atoms with Gasteiger partial charge in [0, 0.05) is 22.2 Å². The predicted octanol–water partition coefficient (Wildman–Crippen LogP) is 1.74. The van der Waals surface area contributed by atoms with E-state index in [2.05, 4.69) is 6.07 Å². The van der Waals surface area contributed by atoms with E-state index in [9.17, 15) is 9.18 Å². The van der Waals surface area contributed by atoms with E-state index in [1.807, 2.05) is 38.1 Å². The number of halogens is 1. The van der Waals surface area contributed by atoms with Gasteiger partial charge in [-0.2, -0.15) is 6.07 Å².